The predicted octanol–water partition coefficient (Wildman–Crippen LogP) is -0.316. The van der Waals surface area contributed by atoms with E-state index >= 15 is 0 Å². The van der Waals surface area contributed by atoms with E-state index in [1.165, 1.54) is 24.5 Å². The van der Waals surface area contributed by atoms with Crippen LogP contribution in [0, 0.1) is 11.8 Å². The number of para-hydroxylation sites is 1. The zero-order valence-corrected chi connectivity index (χ0v) is 18.4. The van der Waals surface area contributed by atoms with Crippen LogP contribution in [0.15, 0.2) is 42.7 Å². The first kappa shape index (κ1) is 24.9. The molecule has 5 N–H and O–H groups in total. The second-order valence-electron chi connectivity index (χ2n) is 8.31. The van der Waals surface area contributed by atoms with Gasteiger partial charge in [-0.25, -0.2) is 9.59 Å². The molecule has 1 aromatic carbocycles. The number of aromatic hydroxyl groups is 2. The Balaban J connectivity index is 1.59. The van der Waals surface area contributed by atoms with E-state index in [1.807, 2.05) is 0 Å². The van der Waals surface area contributed by atoms with Gasteiger partial charge >= 0.3 is 11.9 Å². The van der Waals surface area contributed by atoms with Crippen LogP contribution in [-0.2, 0) is 28.5 Å². The maximum absolute atomic E-state index is 12.7. The first-order valence-electron chi connectivity index (χ1n) is 10.9. The number of carbonyl (C=O) groups excluding carboxylic acids is 2. The number of aliphatic hydroxyl groups is 3. The largest absolute Gasteiger partial charge is 0.504 e. The van der Waals surface area contributed by atoms with Gasteiger partial charge < -0.3 is 49.2 Å². The van der Waals surface area contributed by atoms with Gasteiger partial charge in [-0.1, -0.05) is 12.1 Å². The molecule has 0 aliphatic carbocycles. The van der Waals surface area contributed by atoms with Crippen molar-refractivity contribution < 1.29 is 58.8 Å². The van der Waals surface area contributed by atoms with E-state index in [9.17, 15) is 35.1 Å². The number of hydrogen-bond acceptors (Lipinski definition) is 12. The Bertz CT molecular complexity index is 1010. The molecule has 0 spiro atoms. The molecule has 4 rings (SSSR count). The van der Waals surface area contributed by atoms with Gasteiger partial charge in [0.05, 0.1) is 25.0 Å². The third-order valence-corrected chi connectivity index (χ3v) is 6.25. The van der Waals surface area contributed by atoms with Crippen LogP contribution >= 0.6 is 0 Å². The van der Waals surface area contributed by atoms with E-state index in [1.54, 1.807) is 0 Å². The van der Waals surface area contributed by atoms with Crippen LogP contribution in [0.5, 0.6) is 11.5 Å². The summed E-state index contributed by atoms with van der Waals surface area (Å²) in [6.07, 6.45) is -5.70. The summed E-state index contributed by atoms with van der Waals surface area (Å²) < 4.78 is 27.4. The predicted molar refractivity (Wildman–Crippen MR) is 114 cm³/mol. The van der Waals surface area contributed by atoms with Crippen LogP contribution in [0.4, 0.5) is 0 Å². The van der Waals surface area contributed by atoms with Gasteiger partial charge in [0.15, 0.2) is 17.6 Å². The first-order chi connectivity index (χ1) is 16.8. The highest BCUT2D eigenvalue weighted by Crippen LogP contribution is 2.39. The molecular weight excluding hydrogens is 468 g/mol. The molecule has 0 bridgehead atoms. The Kier molecular flexibility index (Phi) is 7.28. The number of phenolic OH excluding ortho intramolecular Hbond substituents is 2. The fraction of sp³-hybridized carbons (Fsp3) is 0.478. The molecule has 1 aromatic rings. The van der Waals surface area contributed by atoms with Crippen LogP contribution in [0.3, 0.4) is 0 Å². The van der Waals surface area contributed by atoms with Crippen molar-refractivity contribution in [1.29, 1.82) is 0 Å². The second-order valence-corrected chi connectivity index (χ2v) is 8.31. The summed E-state index contributed by atoms with van der Waals surface area (Å²) >= 11 is 0. The molecular formula is C23H26O12. The first-order valence-corrected chi connectivity index (χ1v) is 10.9. The number of benzene rings is 1. The zero-order valence-electron chi connectivity index (χ0n) is 18.4. The molecule has 12 heteroatoms. The van der Waals surface area contributed by atoms with Crippen LogP contribution in [0.25, 0.3) is 0 Å². The number of aliphatic hydroxyl groups excluding tert-OH is 3. The molecule has 0 aromatic heterocycles. The van der Waals surface area contributed by atoms with Gasteiger partial charge in [0.1, 0.15) is 23.9 Å². The third-order valence-electron chi connectivity index (χ3n) is 6.25. The molecule has 3 aliphatic rings. The van der Waals surface area contributed by atoms with Crippen LogP contribution < -0.4 is 0 Å². The summed E-state index contributed by atoms with van der Waals surface area (Å²) in [6.45, 7) is 3.30. The Morgan fingerprint density at radius 3 is 2.69 bits per heavy atom. The van der Waals surface area contributed by atoms with Gasteiger partial charge in [-0.05, 0) is 18.6 Å². The molecule has 12 nitrogen and oxygen atoms in total. The standard InChI is InChI=1S/C23H26O12/c1-2-10-11-6-7-31-20(29)13(11)9-32-22(10)35-23-19(18(28)17(27)15(8-24)33-23)34-21(30)12-4-3-5-14(25)16(12)26/h2-5,9-11,15,17-19,22-28H,1,6-8H2/t10-,11-,15-,17+,18-,19+,22-,23+/m0/s1. The number of carbonyl (C=O) groups is 2. The van der Waals surface area contributed by atoms with Crippen molar-refractivity contribution in [2.75, 3.05) is 13.2 Å². The normalized spacial score (nSPS) is 34.6. The average molecular weight is 494 g/mol. The molecule has 0 radical (unpaired) electrons. The van der Waals surface area contributed by atoms with Crippen LogP contribution in [-0.4, -0.2) is 87.7 Å². The number of ether oxygens (including phenoxy) is 5. The van der Waals surface area contributed by atoms with E-state index in [2.05, 4.69) is 6.58 Å². The third kappa shape index (κ3) is 4.70. The Morgan fingerprint density at radius 2 is 1.97 bits per heavy atom. The van der Waals surface area contributed by atoms with Crippen LogP contribution in [0.1, 0.15) is 16.8 Å². The minimum absolute atomic E-state index is 0.197. The molecule has 2 fully saturated rings. The van der Waals surface area contributed by atoms with Crippen molar-refractivity contribution in [3.8, 4) is 11.5 Å². The molecule has 3 heterocycles. The zero-order chi connectivity index (χ0) is 25.3. The summed E-state index contributed by atoms with van der Waals surface area (Å²) in [6, 6.07) is 3.64. The van der Waals surface area contributed by atoms with Crippen molar-refractivity contribution >= 4 is 11.9 Å². The monoisotopic (exact) mass is 494 g/mol. The quantitative estimate of drug-likeness (QED) is 0.198. The van der Waals surface area contributed by atoms with Crippen LogP contribution in [0.2, 0.25) is 0 Å². The fourth-order valence-electron chi connectivity index (χ4n) is 4.33. The van der Waals surface area contributed by atoms with Crippen molar-refractivity contribution in [3.63, 3.8) is 0 Å². The lowest BCUT2D eigenvalue weighted by Gasteiger charge is -2.44. The average Bonchev–Trinajstić information content (AvgIpc) is 2.85. The number of cyclic esters (lactones) is 1. The minimum atomic E-state index is -1.75. The maximum atomic E-state index is 12.7. The second kappa shape index (κ2) is 10.2. The molecule has 2 saturated heterocycles. The number of phenols is 2. The molecule has 0 saturated carbocycles. The van der Waals surface area contributed by atoms with Crippen molar-refractivity contribution in [2.45, 2.75) is 43.4 Å². The molecule has 3 aliphatic heterocycles. The summed E-state index contributed by atoms with van der Waals surface area (Å²) in [5, 5.41) is 50.2. The van der Waals surface area contributed by atoms with Gasteiger partial charge in [-0.2, -0.15) is 0 Å². The van der Waals surface area contributed by atoms with Crippen molar-refractivity contribution in [1.82, 2.24) is 0 Å². The van der Waals surface area contributed by atoms with E-state index < -0.39 is 78.5 Å². The summed E-state index contributed by atoms with van der Waals surface area (Å²) in [5.41, 5.74) is -0.0857. The van der Waals surface area contributed by atoms with Gasteiger partial charge in [0, 0.05) is 11.8 Å². The number of hydrogen-bond donors (Lipinski definition) is 5. The van der Waals surface area contributed by atoms with E-state index in [0.717, 1.165) is 6.07 Å². The van der Waals surface area contributed by atoms with Gasteiger partial charge in [-0.15, -0.1) is 6.58 Å². The van der Waals surface area contributed by atoms with E-state index in [-0.39, 0.29) is 12.5 Å². The fourth-order valence-corrected chi connectivity index (χ4v) is 4.33. The Morgan fingerprint density at radius 1 is 1.20 bits per heavy atom. The molecule has 8 atom stereocenters. The highest BCUT2D eigenvalue weighted by Gasteiger charge is 2.50. The lowest BCUT2D eigenvalue weighted by molar-refractivity contribution is -0.338. The Hall–Kier alpha value is -3.16. The number of esters is 2. The van der Waals surface area contributed by atoms with Crippen molar-refractivity contribution in [2.24, 2.45) is 11.8 Å². The van der Waals surface area contributed by atoms with Crippen molar-refractivity contribution in [3.05, 3.63) is 48.3 Å². The molecule has 190 valence electrons. The van der Waals surface area contributed by atoms with Gasteiger partial charge in [-0.3, -0.25) is 0 Å². The number of rotatable bonds is 6. The number of fused-ring (bicyclic) bond motifs is 1. The SMILES string of the molecule is C=C[C@@H]1[C@H](O[C@H]2O[C@@H](CO)[C@@H](O)[C@H](O)[C@H]2OC(=O)c2cccc(O)c2O)OC=C2C(=O)OCC[C@H]21. The summed E-state index contributed by atoms with van der Waals surface area (Å²) in [5.74, 6) is -3.83. The van der Waals surface area contributed by atoms with Gasteiger partial charge in [0.25, 0.3) is 0 Å². The van der Waals surface area contributed by atoms with E-state index in [4.69, 9.17) is 23.7 Å². The summed E-state index contributed by atoms with van der Waals surface area (Å²) in [7, 11) is 0. The molecule has 35 heavy (non-hydrogen) atoms. The lowest BCUT2D eigenvalue weighted by Crippen LogP contribution is -2.61. The molecule has 0 amide bonds. The smallest absolute Gasteiger partial charge is 0.342 e. The topological polar surface area (TPSA) is 181 Å². The highest BCUT2D eigenvalue weighted by molar-refractivity contribution is 5.93. The highest BCUT2D eigenvalue weighted by atomic mass is 16.8. The summed E-state index contributed by atoms with van der Waals surface area (Å²) in [4.78, 5) is 24.8. The Labute approximate surface area is 199 Å². The van der Waals surface area contributed by atoms with E-state index in [0.29, 0.717) is 12.0 Å². The van der Waals surface area contributed by atoms with Gasteiger partial charge in [0.2, 0.25) is 12.6 Å². The lowest BCUT2D eigenvalue weighted by atomic mass is 9.81. The maximum Gasteiger partial charge on any atom is 0.342 e. The molecule has 0 unspecified atom stereocenters. The minimum Gasteiger partial charge on any atom is -0.504 e.